The predicted molar refractivity (Wildman–Crippen MR) is 146 cm³/mol. The highest BCUT2D eigenvalue weighted by Gasteiger charge is 2.22. The molecule has 0 unspecified atom stereocenters. The molecule has 0 saturated carbocycles. The molecule has 4 aromatic rings. The zero-order chi connectivity index (χ0) is 25.9. The van der Waals surface area contributed by atoms with Gasteiger partial charge in [-0.05, 0) is 32.2 Å². The Hall–Kier alpha value is -4.11. The number of nitrogens with one attached hydrogen (secondary N) is 1. The van der Waals surface area contributed by atoms with Crippen LogP contribution in [0.2, 0.25) is 0 Å². The number of ether oxygens (including phenoxy) is 2. The number of hydrogen-bond acceptors (Lipinski definition) is 8. The van der Waals surface area contributed by atoms with Gasteiger partial charge in [0.05, 0.1) is 25.1 Å². The number of likely N-dealkylation sites (N-methyl/N-ethyl adjacent to an activating group) is 1. The van der Waals surface area contributed by atoms with Gasteiger partial charge in [0, 0.05) is 73.8 Å². The van der Waals surface area contributed by atoms with Crippen LogP contribution in [0.1, 0.15) is 17.3 Å². The summed E-state index contributed by atoms with van der Waals surface area (Å²) in [7, 11) is 5.77. The molecule has 0 atom stereocenters. The van der Waals surface area contributed by atoms with Crippen LogP contribution in [-0.4, -0.2) is 72.3 Å². The van der Waals surface area contributed by atoms with E-state index in [1.807, 2.05) is 54.2 Å². The third-order valence-corrected chi connectivity index (χ3v) is 6.74. The standard InChI is InChI=1S/C28H32N6O3/c1-5-37-27(35)21-17-29-28(31-26(21)22-18-33(3)24-9-7-6-8-20(22)24)30-23-11-10-19(16-25(23)36-4)34-14-12-32(2)13-15-34/h6-11,16-18H,5,12-15H2,1-4H3,(H,29,30,31). The molecule has 9 heteroatoms. The number of rotatable bonds is 7. The number of para-hydroxylation sites is 1. The highest BCUT2D eigenvalue weighted by Crippen LogP contribution is 2.34. The Balaban J connectivity index is 1.51. The number of esters is 1. The van der Waals surface area contributed by atoms with Crippen LogP contribution >= 0.6 is 0 Å². The summed E-state index contributed by atoms with van der Waals surface area (Å²) >= 11 is 0. The van der Waals surface area contributed by atoms with E-state index < -0.39 is 5.97 Å². The van der Waals surface area contributed by atoms with Gasteiger partial charge in [-0.3, -0.25) is 0 Å². The van der Waals surface area contributed by atoms with Gasteiger partial charge in [0.1, 0.15) is 11.3 Å². The van der Waals surface area contributed by atoms with Crippen LogP contribution in [0.15, 0.2) is 54.9 Å². The van der Waals surface area contributed by atoms with Crippen LogP contribution in [-0.2, 0) is 11.8 Å². The van der Waals surface area contributed by atoms with E-state index in [1.165, 1.54) is 6.20 Å². The van der Waals surface area contributed by atoms with Gasteiger partial charge in [-0.2, -0.15) is 0 Å². The number of methoxy groups -OCH3 is 1. The number of hydrogen-bond donors (Lipinski definition) is 1. The second-order valence-electron chi connectivity index (χ2n) is 9.15. The molecule has 1 fully saturated rings. The number of piperazine rings is 1. The van der Waals surface area contributed by atoms with Gasteiger partial charge in [0.25, 0.3) is 0 Å². The maximum absolute atomic E-state index is 12.8. The molecule has 0 spiro atoms. The third kappa shape index (κ3) is 4.95. The summed E-state index contributed by atoms with van der Waals surface area (Å²) in [6, 6.07) is 14.1. The summed E-state index contributed by atoms with van der Waals surface area (Å²) in [6.07, 6.45) is 3.50. The van der Waals surface area contributed by atoms with E-state index in [1.54, 1.807) is 14.0 Å². The molecule has 1 aliphatic rings. The average molecular weight is 501 g/mol. The van der Waals surface area contributed by atoms with Crippen LogP contribution in [0.3, 0.4) is 0 Å². The summed E-state index contributed by atoms with van der Waals surface area (Å²) in [5.41, 5.74) is 4.58. The smallest absolute Gasteiger partial charge is 0.341 e. The van der Waals surface area contributed by atoms with Gasteiger partial charge in [-0.1, -0.05) is 18.2 Å². The maximum atomic E-state index is 12.8. The van der Waals surface area contributed by atoms with E-state index >= 15 is 0 Å². The van der Waals surface area contributed by atoms with Crippen molar-refractivity contribution in [2.24, 2.45) is 7.05 Å². The molecule has 2 aromatic heterocycles. The summed E-state index contributed by atoms with van der Waals surface area (Å²) in [5, 5.41) is 4.29. The first-order valence-corrected chi connectivity index (χ1v) is 12.5. The molecule has 192 valence electrons. The number of benzene rings is 2. The lowest BCUT2D eigenvalue weighted by Crippen LogP contribution is -2.44. The number of carbonyl (C=O) groups is 1. The van der Waals surface area contributed by atoms with Crippen LogP contribution in [0, 0.1) is 0 Å². The van der Waals surface area contributed by atoms with Crippen molar-refractivity contribution in [2.45, 2.75) is 6.92 Å². The Bertz CT molecular complexity index is 1420. The molecule has 0 aliphatic carbocycles. The van der Waals surface area contributed by atoms with Crippen molar-refractivity contribution in [2.75, 3.05) is 57.2 Å². The number of aromatic nitrogens is 3. The minimum atomic E-state index is -0.453. The normalized spacial score (nSPS) is 14.1. The lowest BCUT2D eigenvalue weighted by Gasteiger charge is -2.34. The molecule has 2 aromatic carbocycles. The fraction of sp³-hybridized carbons (Fsp3) is 0.321. The minimum absolute atomic E-state index is 0.269. The molecule has 1 aliphatic heterocycles. The number of aryl methyl sites for hydroxylation is 1. The lowest BCUT2D eigenvalue weighted by atomic mass is 10.1. The second kappa shape index (κ2) is 10.5. The molecule has 0 radical (unpaired) electrons. The average Bonchev–Trinajstić information content (AvgIpc) is 3.26. The van der Waals surface area contributed by atoms with Gasteiger partial charge in [0.15, 0.2) is 0 Å². The number of carbonyl (C=O) groups excluding carboxylic acids is 1. The van der Waals surface area contributed by atoms with E-state index in [9.17, 15) is 4.79 Å². The molecule has 5 rings (SSSR count). The van der Waals surface area contributed by atoms with E-state index in [0.717, 1.165) is 54.0 Å². The zero-order valence-corrected chi connectivity index (χ0v) is 21.7. The van der Waals surface area contributed by atoms with Crippen LogP contribution < -0.4 is 15.0 Å². The van der Waals surface area contributed by atoms with Crippen molar-refractivity contribution in [3.63, 3.8) is 0 Å². The molecule has 0 bridgehead atoms. The van der Waals surface area contributed by atoms with Gasteiger partial charge in [-0.25, -0.2) is 14.8 Å². The Morgan fingerprint density at radius 1 is 1.08 bits per heavy atom. The largest absolute Gasteiger partial charge is 0.494 e. The third-order valence-electron chi connectivity index (χ3n) is 6.74. The van der Waals surface area contributed by atoms with Crippen molar-refractivity contribution >= 4 is 34.2 Å². The zero-order valence-electron chi connectivity index (χ0n) is 21.7. The number of fused-ring (bicyclic) bond motifs is 1. The fourth-order valence-electron chi connectivity index (χ4n) is 4.70. The Morgan fingerprint density at radius 3 is 2.62 bits per heavy atom. The predicted octanol–water partition coefficient (Wildman–Crippen LogP) is 4.32. The summed E-state index contributed by atoms with van der Waals surface area (Å²) in [6.45, 7) is 6.05. The van der Waals surface area contributed by atoms with E-state index in [4.69, 9.17) is 14.5 Å². The van der Waals surface area contributed by atoms with Crippen LogP contribution in [0.5, 0.6) is 5.75 Å². The fourth-order valence-corrected chi connectivity index (χ4v) is 4.70. The Morgan fingerprint density at radius 2 is 1.86 bits per heavy atom. The van der Waals surface area contributed by atoms with Crippen LogP contribution in [0.25, 0.3) is 22.2 Å². The van der Waals surface area contributed by atoms with E-state index in [0.29, 0.717) is 23.0 Å². The molecule has 0 amide bonds. The van der Waals surface area contributed by atoms with Crippen molar-refractivity contribution in [1.29, 1.82) is 0 Å². The maximum Gasteiger partial charge on any atom is 0.341 e. The number of nitrogens with zero attached hydrogens (tertiary/aromatic N) is 5. The SMILES string of the molecule is CCOC(=O)c1cnc(Nc2ccc(N3CCN(C)CC3)cc2OC)nc1-c1cn(C)c2ccccc12. The van der Waals surface area contributed by atoms with Gasteiger partial charge in [-0.15, -0.1) is 0 Å². The monoisotopic (exact) mass is 500 g/mol. The van der Waals surface area contributed by atoms with E-state index in [2.05, 4.69) is 33.2 Å². The van der Waals surface area contributed by atoms with Crippen molar-refractivity contribution in [3.05, 3.63) is 60.4 Å². The van der Waals surface area contributed by atoms with Crippen molar-refractivity contribution < 1.29 is 14.3 Å². The first-order chi connectivity index (χ1) is 18.0. The van der Waals surface area contributed by atoms with Gasteiger partial charge < -0.3 is 29.2 Å². The topological polar surface area (TPSA) is 84.8 Å². The molecular formula is C28H32N6O3. The highest BCUT2D eigenvalue weighted by molar-refractivity contribution is 6.03. The quantitative estimate of drug-likeness (QED) is 0.376. The molecule has 3 heterocycles. The first-order valence-electron chi connectivity index (χ1n) is 12.5. The van der Waals surface area contributed by atoms with E-state index in [-0.39, 0.29) is 6.61 Å². The van der Waals surface area contributed by atoms with Crippen molar-refractivity contribution in [3.8, 4) is 17.0 Å². The summed E-state index contributed by atoms with van der Waals surface area (Å²) in [4.78, 5) is 26.7. The first kappa shape index (κ1) is 24.6. The molecular weight excluding hydrogens is 468 g/mol. The summed E-state index contributed by atoms with van der Waals surface area (Å²) < 4.78 is 13.0. The number of anilines is 3. The Kier molecular flexibility index (Phi) is 6.96. The van der Waals surface area contributed by atoms with Crippen LogP contribution in [0.4, 0.5) is 17.3 Å². The highest BCUT2D eigenvalue weighted by atomic mass is 16.5. The molecule has 1 saturated heterocycles. The summed E-state index contributed by atoms with van der Waals surface area (Å²) in [5.74, 6) is 0.605. The Labute approximate surface area is 216 Å². The molecule has 37 heavy (non-hydrogen) atoms. The second-order valence-corrected chi connectivity index (χ2v) is 9.15. The minimum Gasteiger partial charge on any atom is -0.494 e. The van der Waals surface area contributed by atoms with Crippen molar-refractivity contribution in [1.82, 2.24) is 19.4 Å². The molecule has 9 nitrogen and oxygen atoms in total. The molecule has 1 N–H and O–H groups in total. The van der Waals surface area contributed by atoms with Gasteiger partial charge >= 0.3 is 5.97 Å². The lowest BCUT2D eigenvalue weighted by molar-refractivity contribution is 0.0526. The van der Waals surface area contributed by atoms with Gasteiger partial charge in [0.2, 0.25) is 5.95 Å².